The second-order valence-electron chi connectivity index (χ2n) is 23.4. The zero-order valence-electron chi connectivity index (χ0n) is 54.6. The summed E-state index contributed by atoms with van der Waals surface area (Å²) in [4.78, 5) is 168. The number of carbonyl (C=O) groups excluding carboxylic acids is 9. The number of likely N-dealkylation sites (N-methyl/N-ethyl adjacent to an activating group) is 1. The summed E-state index contributed by atoms with van der Waals surface area (Å²) in [5.41, 5.74) is 21.6. The minimum Gasteiger partial charge on any atom is -0.508 e. The Morgan fingerprint density at radius 1 is 0.811 bits per heavy atom. The number of thiazole rings is 1. The first kappa shape index (κ1) is 81.2. The van der Waals surface area contributed by atoms with Crippen molar-refractivity contribution in [3.8, 4) is 5.75 Å². The van der Waals surface area contributed by atoms with E-state index in [4.69, 9.17) is 31.8 Å². The van der Waals surface area contributed by atoms with E-state index in [1.165, 1.54) is 23.5 Å². The van der Waals surface area contributed by atoms with Gasteiger partial charge in [0.05, 0.1) is 29.9 Å². The molecule has 8 amide bonds. The van der Waals surface area contributed by atoms with Gasteiger partial charge in [-0.1, -0.05) is 88.1 Å². The van der Waals surface area contributed by atoms with Crippen molar-refractivity contribution in [3.05, 3.63) is 45.9 Å². The number of aromatic nitrogens is 1. The molecule has 1 aromatic carbocycles. The summed E-state index contributed by atoms with van der Waals surface area (Å²) < 4.78 is 10.8. The Balaban J connectivity index is 1.61. The second kappa shape index (κ2) is 42.4. The number of esters is 1. The third kappa shape index (κ3) is 30.1. The van der Waals surface area contributed by atoms with Gasteiger partial charge < -0.3 is 78.6 Å². The Morgan fingerprint density at radius 2 is 1.47 bits per heavy atom. The number of nitrogens with one attached hydrogen (secondary N) is 7. The molecule has 0 saturated carbocycles. The van der Waals surface area contributed by atoms with Crippen LogP contribution in [0.4, 0.5) is 4.79 Å². The number of carboxylic acids is 3. The molecule has 3 rings (SSSR count). The number of ether oxygens (including phenoxy) is 2. The molecule has 0 spiro atoms. The van der Waals surface area contributed by atoms with Gasteiger partial charge in [0.15, 0.2) is 12.7 Å². The maximum Gasteiger partial charge on any atom is 0.426 e. The highest BCUT2D eigenvalue weighted by Crippen LogP contribution is 2.26. The van der Waals surface area contributed by atoms with E-state index in [0.29, 0.717) is 37.1 Å². The van der Waals surface area contributed by atoms with E-state index in [-0.39, 0.29) is 111 Å². The zero-order valence-corrected chi connectivity index (χ0v) is 57.1. The van der Waals surface area contributed by atoms with Crippen LogP contribution >= 0.6 is 32.9 Å². The molecular weight excluding hydrogens is 1300 g/mol. The number of rotatable bonds is 42. The van der Waals surface area contributed by atoms with Crippen LogP contribution in [0.1, 0.15) is 140 Å². The zero-order chi connectivity index (χ0) is 70.9. The van der Waals surface area contributed by atoms with E-state index in [1.54, 1.807) is 29.3 Å². The van der Waals surface area contributed by atoms with Gasteiger partial charge in [-0.05, 0) is 94.5 Å². The van der Waals surface area contributed by atoms with E-state index < -0.39 is 121 Å². The molecule has 35 heteroatoms. The fourth-order valence-electron chi connectivity index (χ4n) is 9.86. The highest BCUT2D eigenvalue weighted by molar-refractivity contribution is 8.76. The largest absolute Gasteiger partial charge is 0.508 e. The van der Waals surface area contributed by atoms with Crippen LogP contribution in [0.3, 0.4) is 0 Å². The molecule has 530 valence electrons. The van der Waals surface area contributed by atoms with Gasteiger partial charge in [0, 0.05) is 54.3 Å². The van der Waals surface area contributed by atoms with Gasteiger partial charge in [-0.2, -0.15) is 0 Å². The molecule has 10 atom stereocenters. The molecule has 95 heavy (non-hydrogen) atoms. The molecule has 17 N–H and O–H groups in total. The van der Waals surface area contributed by atoms with Crippen LogP contribution in [-0.2, 0) is 70.3 Å². The number of amides is 8. The van der Waals surface area contributed by atoms with E-state index in [2.05, 4.69) is 47.4 Å². The number of aryl methyl sites for hydroxylation is 1. The van der Waals surface area contributed by atoms with Gasteiger partial charge in [-0.15, -0.1) is 11.3 Å². The number of likely N-dealkylation sites (tertiary alicyclic amines) is 1. The van der Waals surface area contributed by atoms with Crippen molar-refractivity contribution in [1.29, 1.82) is 0 Å². The van der Waals surface area contributed by atoms with Crippen molar-refractivity contribution in [1.82, 2.24) is 52.2 Å². The molecule has 1 aliphatic rings. The van der Waals surface area contributed by atoms with Crippen LogP contribution < -0.4 is 54.6 Å². The molecule has 32 nitrogen and oxygen atoms in total. The Morgan fingerprint density at radius 3 is 2.09 bits per heavy atom. The normalized spacial score (nSPS) is 15.9. The quantitative estimate of drug-likeness (QED) is 0.00848. The van der Waals surface area contributed by atoms with Gasteiger partial charge in [0.25, 0.3) is 5.91 Å². The number of phenols is 1. The Labute approximate surface area is 563 Å². The topological polar surface area (TPSA) is 498 Å². The summed E-state index contributed by atoms with van der Waals surface area (Å²) in [5, 5.41) is 53.3. The molecule has 2 heterocycles. The number of piperidine rings is 1. The monoisotopic (exact) mass is 1390 g/mol. The lowest BCUT2D eigenvalue weighted by atomic mass is 9.93. The van der Waals surface area contributed by atoms with Crippen molar-refractivity contribution in [2.45, 2.75) is 180 Å². The lowest BCUT2D eigenvalue weighted by Gasteiger charge is -2.39. The molecule has 0 bridgehead atoms. The Hall–Kier alpha value is -8.02. The number of carbonyl (C=O) groups is 12. The highest BCUT2D eigenvalue weighted by atomic mass is 33.1. The first-order valence-electron chi connectivity index (χ1n) is 31.3. The number of nitrogens with two attached hydrogens (primary N) is 3. The number of benzene rings is 1. The molecule has 0 radical (unpaired) electrons. The predicted octanol–water partition coefficient (Wildman–Crippen LogP) is 1.33. The van der Waals surface area contributed by atoms with Crippen molar-refractivity contribution in [2.24, 2.45) is 39.9 Å². The third-order valence-electron chi connectivity index (χ3n) is 15.3. The average molecular weight is 1400 g/mol. The summed E-state index contributed by atoms with van der Waals surface area (Å²) in [5.74, 6) is -11.8. The summed E-state index contributed by atoms with van der Waals surface area (Å²) in [6, 6.07) is -2.71. The van der Waals surface area contributed by atoms with Crippen molar-refractivity contribution < 1.29 is 87.4 Å². The third-order valence-corrected chi connectivity index (χ3v) is 18.6. The fourth-order valence-corrected chi connectivity index (χ4v) is 12.6. The number of phenolic OH excluding ortho intramolecular Hbond substituents is 1. The minimum atomic E-state index is -1.86. The highest BCUT2D eigenvalue weighted by Gasteiger charge is 2.38. The summed E-state index contributed by atoms with van der Waals surface area (Å²) in [6.07, 6.45) is 1.84. The van der Waals surface area contributed by atoms with Crippen molar-refractivity contribution in [2.75, 3.05) is 45.0 Å². The van der Waals surface area contributed by atoms with Crippen molar-refractivity contribution in [3.63, 3.8) is 0 Å². The van der Waals surface area contributed by atoms with Crippen LogP contribution in [0.15, 0.2) is 34.6 Å². The van der Waals surface area contributed by atoms with E-state index in [1.807, 2.05) is 46.6 Å². The molecule has 0 aliphatic carbocycles. The van der Waals surface area contributed by atoms with Crippen LogP contribution in [0, 0.1) is 17.8 Å². The number of hydrogen-bond acceptors (Lipinski definition) is 22. The number of nitrogens with zero attached hydrogens (tertiary/aromatic N) is 4. The van der Waals surface area contributed by atoms with E-state index in [9.17, 15) is 72.9 Å². The first-order valence-corrected chi connectivity index (χ1v) is 34.7. The number of carboxylic acid groups (broad SMARTS) is 3. The van der Waals surface area contributed by atoms with Gasteiger partial charge in [0.1, 0.15) is 42.2 Å². The molecule has 1 aromatic heterocycles. The smallest absolute Gasteiger partial charge is 0.426 e. The lowest BCUT2D eigenvalue weighted by Crippen LogP contribution is -2.59. The molecule has 2 aromatic rings. The molecule has 1 saturated heterocycles. The van der Waals surface area contributed by atoms with E-state index >= 15 is 0 Å². The number of aromatic hydroxyl groups is 1. The van der Waals surface area contributed by atoms with Crippen LogP contribution in [-0.4, -0.2) is 206 Å². The standard InChI is InChI=1S/C60H94N14O18S3/c1-8-13-49(80)92-32-74(57(87)50(34(5)9-2)70-56(86)45-15-10-11-23-73(45)7)44(33(3)4)20-21-46-66-42(30-93-46)55(85)65-37(27-36-16-18-38(75)19-17-36)26-35(6)51(81)71-72-60(90)91-24-25-94-95-31-43(58(88)89)69-54(84)41(29-48(78)79)68-53(83)40(14-12-22-64-59(62)63)67-52(82)39(61)28-47(76)77/h16-19,30,33-35,37,39-41,43-45,50,75H,8-15,20-29,31-32,61H2,1-7H3,(H,65,85)(H,67,82)(H,68,83)(H,69,84)(H,70,86)(H,71,81)(H,72,90)(H,76,77)(H,78,79)(H,88,89)(H4,62,63,64)/t34?,35-,37+,39-,40-,41-,43-,44?,45+,50?/m0/s1. The molecule has 3 unspecified atom stereocenters. The van der Waals surface area contributed by atoms with Gasteiger partial charge in [-0.3, -0.25) is 63.3 Å². The summed E-state index contributed by atoms with van der Waals surface area (Å²) >= 11 is 1.24. The number of hydrazine groups is 1. The average Bonchev–Trinajstić information content (AvgIpc) is 1.29. The van der Waals surface area contributed by atoms with Crippen LogP contribution in [0.25, 0.3) is 0 Å². The maximum absolute atomic E-state index is 14.8. The first-order chi connectivity index (χ1) is 44.9. The van der Waals surface area contributed by atoms with Gasteiger partial charge in [-0.25, -0.2) is 20.0 Å². The van der Waals surface area contributed by atoms with E-state index in [0.717, 1.165) is 46.5 Å². The maximum atomic E-state index is 14.8. The summed E-state index contributed by atoms with van der Waals surface area (Å²) in [6.45, 7) is 11.4. The van der Waals surface area contributed by atoms with Crippen LogP contribution in [0.2, 0.25) is 0 Å². The molecule has 1 fully saturated rings. The Bertz CT molecular complexity index is 2920. The molecular formula is C60H94N14O18S3. The summed E-state index contributed by atoms with van der Waals surface area (Å²) in [7, 11) is 3.85. The number of guanidine groups is 1. The number of hydrogen-bond donors (Lipinski definition) is 14. The van der Waals surface area contributed by atoms with Crippen LogP contribution in [0.5, 0.6) is 5.75 Å². The molecule has 1 aliphatic heterocycles. The lowest BCUT2D eigenvalue weighted by molar-refractivity contribution is -0.159. The van der Waals surface area contributed by atoms with Crippen molar-refractivity contribution >= 4 is 110 Å². The second-order valence-corrected chi connectivity index (χ2v) is 26.9. The number of aliphatic imine (C=N–C) groups is 1. The predicted molar refractivity (Wildman–Crippen MR) is 354 cm³/mol. The fraction of sp³-hybridized carbons (Fsp3) is 0.633. The van der Waals surface area contributed by atoms with Gasteiger partial charge in [0.2, 0.25) is 35.4 Å². The number of aliphatic carboxylic acids is 3. The minimum absolute atomic E-state index is 0.0161. The SMILES string of the molecule is CCCC(=O)OCN(C(=O)C(NC(=O)[C@H]1CCCCN1C)C(C)CC)C(CCc1nc(C(=O)N[C@@H](Cc2ccc(O)cc2)C[C@H](C)C(=O)NNC(=O)OCCSSC[C@H](NC(=O)[C@H](CC(=O)O)NC(=O)[C@H](CCCN=C(N)N)NC(=O)[C@@H](N)CC(=O)O)C(=O)O)cs1)C(C)C. The Kier molecular flexibility index (Phi) is 36.3. The van der Waals surface area contributed by atoms with Gasteiger partial charge >= 0.3 is 30.0 Å².